The highest BCUT2D eigenvalue weighted by atomic mass is 32.1. The quantitative estimate of drug-likeness (QED) is 0.710. The Labute approximate surface area is 153 Å². The van der Waals surface area contributed by atoms with Crippen LogP contribution in [0.2, 0.25) is 0 Å². The molecular weight excluding hydrogens is 358 g/mol. The van der Waals surface area contributed by atoms with Crippen LogP contribution in [-0.2, 0) is 19.4 Å². The second kappa shape index (κ2) is 6.60. The van der Waals surface area contributed by atoms with Crippen molar-refractivity contribution in [1.82, 2.24) is 19.1 Å². The first-order valence-corrected chi connectivity index (χ1v) is 8.71. The van der Waals surface area contributed by atoms with Gasteiger partial charge in [0, 0.05) is 48.2 Å². The molecule has 134 valence electrons. The largest absolute Gasteiger partial charge is 0.334 e. The van der Waals surface area contributed by atoms with Crippen molar-refractivity contribution >= 4 is 18.1 Å². The minimum atomic E-state index is -0.535. The van der Waals surface area contributed by atoms with Gasteiger partial charge in [-0.2, -0.15) is 0 Å². The predicted molar refractivity (Wildman–Crippen MR) is 93.6 cm³/mol. The maximum Gasteiger partial charge on any atom is 0.232 e. The molecule has 0 aliphatic carbocycles. The number of nitrogens with zero attached hydrogens (tertiary/aromatic N) is 3. The van der Waals surface area contributed by atoms with Crippen LogP contribution < -0.4 is 0 Å². The molecule has 3 heterocycles. The molecule has 4 rings (SSSR count). The Bertz CT molecular complexity index is 1000. The lowest BCUT2D eigenvalue weighted by molar-refractivity contribution is 0.0902. The van der Waals surface area contributed by atoms with Gasteiger partial charge in [0.05, 0.1) is 0 Å². The van der Waals surface area contributed by atoms with E-state index in [1.54, 1.807) is 12.4 Å². The van der Waals surface area contributed by atoms with E-state index in [4.69, 9.17) is 12.2 Å². The zero-order valence-electron chi connectivity index (χ0n) is 13.8. The Hall–Kier alpha value is -2.61. The van der Waals surface area contributed by atoms with Crippen molar-refractivity contribution in [2.24, 2.45) is 0 Å². The summed E-state index contributed by atoms with van der Waals surface area (Å²) in [7, 11) is 0. The van der Waals surface area contributed by atoms with E-state index in [1.165, 1.54) is 29.1 Å². The maximum atomic E-state index is 14.1. The minimum Gasteiger partial charge on any atom is -0.334 e. The summed E-state index contributed by atoms with van der Waals surface area (Å²) in [5.74, 6) is -1.44. The van der Waals surface area contributed by atoms with Crippen LogP contribution in [0.1, 0.15) is 34.1 Å². The second-order valence-electron chi connectivity index (χ2n) is 6.37. The molecule has 1 aliphatic rings. The first-order valence-electron chi connectivity index (χ1n) is 8.30. The summed E-state index contributed by atoms with van der Waals surface area (Å²) in [4.78, 5) is 19.1. The molecule has 5 nitrogen and oxygen atoms in total. The number of imidazole rings is 2. The van der Waals surface area contributed by atoms with Gasteiger partial charge < -0.3 is 9.55 Å². The van der Waals surface area contributed by atoms with E-state index in [0.717, 1.165) is 11.4 Å². The maximum absolute atomic E-state index is 14.1. The number of aromatic amines is 1. The number of hydrogen-bond donors (Lipinski definition) is 1. The number of rotatable bonds is 4. The predicted octanol–water partition coefficient (Wildman–Crippen LogP) is 3.63. The van der Waals surface area contributed by atoms with Crippen LogP contribution in [0.4, 0.5) is 8.78 Å². The van der Waals surface area contributed by atoms with Gasteiger partial charge in [0.15, 0.2) is 4.77 Å². The lowest BCUT2D eigenvalue weighted by Crippen LogP contribution is -2.10. The molecule has 1 atom stereocenters. The highest BCUT2D eigenvalue weighted by Gasteiger charge is 2.30. The molecule has 1 aromatic carbocycles. The van der Waals surface area contributed by atoms with Gasteiger partial charge in [0.2, 0.25) is 5.91 Å². The van der Waals surface area contributed by atoms with Crippen LogP contribution >= 0.6 is 12.2 Å². The Morgan fingerprint density at radius 1 is 1.35 bits per heavy atom. The number of H-pyrrole nitrogens is 1. The van der Waals surface area contributed by atoms with Crippen molar-refractivity contribution in [3.63, 3.8) is 0 Å². The van der Waals surface area contributed by atoms with Gasteiger partial charge in [-0.25, -0.2) is 13.8 Å². The SMILES string of the molecule is O=C(CCc1[nH]c(=S)n2c1CC(c1c(F)cccc1F)C2)n1ccnc1. The molecule has 0 amide bonds. The van der Waals surface area contributed by atoms with Gasteiger partial charge in [-0.15, -0.1) is 0 Å². The molecule has 0 bridgehead atoms. The van der Waals surface area contributed by atoms with E-state index < -0.39 is 11.6 Å². The zero-order valence-corrected chi connectivity index (χ0v) is 14.6. The van der Waals surface area contributed by atoms with Crippen molar-refractivity contribution in [1.29, 1.82) is 0 Å². The number of halogens is 2. The molecule has 3 aromatic rings. The molecule has 1 aliphatic heterocycles. The summed E-state index contributed by atoms with van der Waals surface area (Å²) in [5.41, 5.74) is 1.87. The van der Waals surface area contributed by atoms with Crippen molar-refractivity contribution in [3.8, 4) is 0 Å². The van der Waals surface area contributed by atoms with Crippen LogP contribution in [0.25, 0.3) is 0 Å². The van der Waals surface area contributed by atoms with Gasteiger partial charge >= 0.3 is 0 Å². The summed E-state index contributed by atoms with van der Waals surface area (Å²) >= 11 is 5.35. The zero-order chi connectivity index (χ0) is 18.3. The Kier molecular flexibility index (Phi) is 4.28. The molecule has 1 N–H and O–H groups in total. The number of benzene rings is 1. The van der Waals surface area contributed by atoms with E-state index in [-0.39, 0.29) is 23.8 Å². The smallest absolute Gasteiger partial charge is 0.232 e. The van der Waals surface area contributed by atoms with Crippen molar-refractivity contribution < 1.29 is 13.6 Å². The molecule has 1 unspecified atom stereocenters. The molecule has 2 aromatic heterocycles. The van der Waals surface area contributed by atoms with Crippen LogP contribution in [0.3, 0.4) is 0 Å². The molecule has 0 saturated heterocycles. The van der Waals surface area contributed by atoms with E-state index in [2.05, 4.69) is 9.97 Å². The number of carbonyl (C=O) groups excluding carboxylic acids is 1. The van der Waals surface area contributed by atoms with Crippen molar-refractivity contribution in [2.45, 2.75) is 31.7 Å². The molecule has 8 heteroatoms. The van der Waals surface area contributed by atoms with Crippen LogP contribution in [-0.4, -0.2) is 25.0 Å². The fourth-order valence-corrected chi connectivity index (χ4v) is 3.88. The fraction of sp³-hybridized carbons (Fsp3) is 0.278. The van der Waals surface area contributed by atoms with Gasteiger partial charge in [-0.05, 0) is 37.2 Å². The highest BCUT2D eigenvalue weighted by molar-refractivity contribution is 7.71. The number of aryl methyl sites for hydroxylation is 1. The number of hydrogen-bond acceptors (Lipinski definition) is 3. The fourth-order valence-electron chi connectivity index (χ4n) is 3.57. The summed E-state index contributed by atoms with van der Waals surface area (Å²) in [6.45, 7) is 0.429. The van der Waals surface area contributed by atoms with Crippen LogP contribution in [0.15, 0.2) is 36.9 Å². The Morgan fingerprint density at radius 2 is 2.12 bits per heavy atom. The summed E-state index contributed by atoms with van der Waals surface area (Å²) in [6, 6.07) is 3.91. The van der Waals surface area contributed by atoms with Crippen molar-refractivity contribution in [3.05, 3.63) is 70.3 Å². The van der Waals surface area contributed by atoms with Gasteiger partial charge in [0.25, 0.3) is 0 Å². The van der Waals surface area contributed by atoms with Crippen molar-refractivity contribution in [2.75, 3.05) is 0 Å². The van der Waals surface area contributed by atoms with Crippen LogP contribution in [0, 0.1) is 16.4 Å². The molecule has 0 saturated carbocycles. The Balaban J connectivity index is 1.55. The number of aromatic nitrogens is 4. The highest BCUT2D eigenvalue weighted by Crippen LogP contribution is 2.34. The average molecular weight is 374 g/mol. The minimum absolute atomic E-state index is 0.0727. The summed E-state index contributed by atoms with van der Waals surface area (Å²) < 4.78 is 32.0. The molecule has 0 fully saturated rings. The number of nitrogens with one attached hydrogen (secondary N) is 1. The van der Waals surface area contributed by atoms with Crippen LogP contribution in [0.5, 0.6) is 0 Å². The van der Waals surface area contributed by atoms with E-state index in [0.29, 0.717) is 24.2 Å². The number of carbonyl (C=O) groups is 1. The van der Waals surface area contributed by atoms with E-state index in [9.17, 15) is 13.6 Å². The lowest BCUT2D eigenvalue weighted by Gasteiger charge is -2.12. The molecule has 0 spiro atoms. The summed E-state index contributed by atoms with van der Waals surface area (Å²) in [6.07, 6.45) is 5.87. The number of fused-ring (bicyclic) bond motifs is 1. The second-order valence-corrected chi connectivity index (χ2v) is 6.75. The van der Waals surface area contributed by atoms with E-state index >= 15 is 0 Å². The lowest BCUT2D eigenvalue weighted by atomic mass is 9.95. The standard InChI is InChI=1S/C18H16F2N4OS/c19-12-2-1-3-13(20)17(12)11-8-15-14(22-18(26)24(15)9-11)4-5-16(25)23-7-6-21-10-23/h1-3,6-7,10-11H,4-5,8-9H2,(H,22,26). The third-order valence-corrected chi connectivity index (χ3v) is 5.13. The normalized spacial score (nSPS) is 16.0. The third kappa shape index (κ3) is 2.90. The first kappa shape index (κ1) is 16.8. The molecular formula is C18H16F2N4OS. The summed E-state index contributed by atoms with van der Waals surface area (Å²) in [5, 5.41) is 0. The first-order chi connectivity index (χ1) is 12.5. The molecule has 26 heavy (non-hydrogen) atoms. The van der Waals surface area contributed by atoms with Gasteiger partial charge in [0.1, 0.15) is 18.0 Å². The molecule has 0 radical (unpaired) electrons. The topological polar surface area (TPSA) is 55.6 Å². The van der Waals surface area contributed by atoms with Gasteiger partial charge in [-0.1, -0.05) is 6.07 Å². The van der Waals surface area contributed by atoms with Gasteiger partial charge in [-0.3, -0.25) is 9.36 Å². The third-order valence-electron chi connectivity index (χ3n) is 4.81. The van der Waals surface area contributed by atoms with E-state index in [1.807, 2.05) is 4.57 Å². The Morgan fingerprint density at radius 3 is 2.81 bits per heavy atom. The monoisotopic (exact) mass is 374 g/mol. The average Bonchev–Trinajstić information content (AvgIpc) is 3.32.